The van der Waals surface area contributed by atoms with Crippen LogP contribution in [0.2, 0.25) is 0 Å². The van der Waals surface area contributed by atoms with Crippen LogP contribution >= 0.6 is 0 Å². The molecule has 0 unspecified atom stereocenters. The summed E-state index contributed by atoms with van der Waals surface area (Å²) in [6.07, 6.45) is 5.98. The van der Waals surface area contributed by atoms with Gasteiger partial charge in [0.05, 0.1) is 7.11 Å². The first-order valence-corrected chi connectivity index (χ1v) is 9.92. The third-order valence-corrected chi connectivity index (χ3v) is 5.07. The first-order chi connectivity index (χ1) is 13.8. The molecule has 0 aliphatic carbocycles. The molecule has 0 spiro atoms. The van der Waals surface area contributed by atoms with Gasteiger partial charge in [-0.3, -0.25) is 9.59 Å². The Kier molecular flexibility index (Phi) is 8.24. The maximum atomic E-state index is 12.4. The van der Waals surface area contributed by atoms with Crippen molar-refractivity contribution in [3.05, 3.63) is 35.9 Å². The zero-order valence-corrected chi connectivity index (χ0v) is 17.5. The zero-order valence-electron chi connectivity index (χ0n) is 17.5. The zero-order chi connectivity index (χ0) is 21.4. The summed E-state index contributed by atoms with van der Waals surface area (Å²) in [6.45, 7) is 5.23. The third-order valence-electron chi connectivity index (χ3n) is 5.07. The van der Waals surface area contributed by atoms with E-state index in [1.54, 1.807) is 30.2 Å². The molecule has 3 atom stereocenters. The highest BCUT2D eigenvalue weighted by molar-refractivity contribution is 5.94. The fourth-order valence-corrected chi connectivity index (χ4v) is 3.45. The lowest BCUT2D eigenvalue weighted by Gasteiger charge is -2.38. The molecule has 0 aromatic heterocycles. The Hall–Kier alpha value is -2.83. The smallest absolute Gasteiger partial charge is 0.328 e. The minimum absolute atomic E-state index is 0.144. The molecule has 1 N–H and O–H groups in total. The predicted octanol–water partition coefficient (Wildman–Crippen LogP) is 2.55. The van der Waals surface area contributed by atoms with E-state index in [9.17, 15) is 14.4 Å². The number of carbonyl (C=O) groups excluding carboxylic acids is 3. The highest BCUT2D eigenvalue weighted by atomic mass is 16.5. The maximum Gasteiger partial charge on any atom is 0.328 e. The molecule has 1 aliphatic heterocycles. The maximum absolute atomic E-state index is 12.4. The largest absolute Gasteiger partial charge is 0.497 e. The molecule has 2 amide bonds. The van der Waals surface area contributed by atoms with Crippen molar-refractivity contribution in [1.82, 2.24) is 10.2 Å². The Bertz CT molecular complexity index is 734. The highest BCUT2D eigenvalue weighted by Crippen LogP contribution is 2.22. The molecule has 1 aromatic carbocycles. The van der Waals surface area contributed by atoms with E-state index in [4.69, 9.17) is 9.47 Å². The average Bonchev–Trinajstić information content (AvgIpc) is 2.70. The van der Waals surface area contributed by atoms with E-state index in [-0.39, 0.29) is 24.6 Å². The van der Waals surface area contributed by atoms with E-state index in [1.165, 1.54) is 13.0 Å². The molecule has 0 radical (unpaired) electrons. The van der Waals surface area contributed by atoms with Crippen LogP contribution in [0.15, 0.2) is 30.3 Å². The summed E-state index contributed by atoms with van der Waals surface area (Å²) >= 11 is 0. The van der Waals surface area contributed by atoms with Gasteiger partial charge in [-0.1, -0.05) is 12.1 Å². The standard InChI is InChI=1S/C22H30N2O5/c1-15-6-5-7-16(2)24(15)21(26)14-29-22(27)17(3)23-20(25)13-10-18-8-11-19(28-4)12-9-18/h8-13,15-17H,5-7,14H2,1-4H3,(H,23,25)/b13-10+/t15-,16+,17-/m0/s1. The number of hydrogen-bond acceptors (Lipinski definition) is 5. The van der Waals surface area contributed by atoms with Crippen LogP contribution in [0.4, 0.5) is 0 Å². The van der Waals surface area contributed by atoms with Gasteiger partial charge >= 0.3 is 5.97 Å². The monoisotopic (exact) mass is 402 g/mol. The number of hydrogen-bond donors (Lipinski definition) is 1. The SMILES string of the molecule is COc1ccc(/C=C/C(=O)N[C@@H](C)C(=O)OCC(=O)N2[C@H](C)CCC[C@@H]2C)cc1. The summed E-state index contributed by atoms with van der Waals surface area (Å²) in [5.41, 5.74) is 0.826. The molecular weight excluding hydrogens is 372 g/mol. The number of amides is 2. The van der Waals surface area contributed by atoms with Gasteiger partial charge in [0.2, 0.25) is 5.91 Å². The van der Waals surface area contributed by atoms with Gasteiger partial charge < -0.3 is 19.7 Å². The van der Waals surface area contributed by atoms with Gasteiger partial charge in [-0.25, -0.2) is 4.79 Å². The van der Waals surface area contributed by atoms with Crippen molar-refractivity contribution in [2.45, 2.75) is 58.2 Å². The highest BCUT2D eigenvalue weighted by Gasteiger charge is 2.29. The van der Waals surface area contributed by atoms with E-state index >= 15 is 0 Å². The summed E-state index contributed by atoms with van der Waals surface area (Å²) < 4.78 is 10.2. The third kappa shape index (κ3) is 6.62. The first-order valence-electron chi connectivity index (χ1n) is 9.92. The number of likely N-dealkylation sites (tertiary alicyclic amines) is 1. The Morgan fingerprint density at radius 3 is 2.38 bits per heavy atom. The van der Waals surface area contributed by atoms with Crippen LogP contribution in [0.1, 0.15) is 45.6 Å². The molecule has 2 rings (SSSR count). The number of nitrogens with one attached hydrogen (secondary N) is 1. The summed E-state index contributed by atoms with van der Waals surface area (Å²) in [7, 11) is 1.58. The van der Waals surface area contributed by atoms with Gasteiger partial charge in [-0.05, 0) is 63.8 Å². The van der Waals surface area contributed by atoms with Crippen molar-refractivity contribution in [3.63, 3.8) is 0 Å². The second-order valence-corrected chi connectivity index (χ2v) is 7.37. The average molecular weight is 402 g/mol. The Labute approximate surface area is 172 Å². The number of nitrogens with zero attached hydrogens (tertiary/aromatic N) is 1. The fraction of sp³-hybridized carbons (Fsp3) is 0.500. The lowest BCUT2D eigenvalue weighted by atomic mass is 9.97. The molecule has 29 heavy (non-hydrogen) atoms. The van der Waals surface area contributed by atoms with E-state index in [1.807, 2.05) is 26.0 Å². The minimum atomic E-state index is -0.855. The molecular formula is C22H30N2O5. The van der Waals surface area contributed by atoms with Crippen molar-refractivity contribution in [3.8, 4) is 5.75 Å². The second-order valence-electron chi connectivity index (χ2n) is 7.37. The van der Waals surface area contributed by atoms with Gasteiger partial charge in [0.15, 0.2) is 6.61 Å². The van der Waals surface area contributed by atoms with Crippen LogP contribution in [0.3, 0.4) is 0 Å². The number of rotatable bonds is 7. The number of esters is 1. The van der Waals surface area contributed by atoms with Gasteiger partial charge in [-0.2, -0.15) is 0 Å². The van der Waals surface area contributed by atoms with Crippen molar-refractivity contribution < 1.29 is 23.9 Å². The fourth-order valence-electron chi connectivity index (χ4n) is 3.45. The summed E-state index contributed by atoms with van der Waals surface area (Å²) in [6, 6.07) is 6.64. The number of methoxy groups -OCH3 is 1. The molecule has 1 heterocycles. The van der Waals surface area contributed by atoms with E-state index in [0.29, 0.717) is 0 Å². The van der Waals surface area contributed by atoms with Crippen molar-refractivity contribution >= 4 is 23.9 Å². The van der Waals surface area contributed by atoms with E-state index < -0.39 is 17.9 Å². The molecule has 158 valence electrons. The van der Waals surface area contributed by atoms with Crippen LogP contribution in [0.25, 0.3) is 6.08 Å². The van der Waals surface area contributed by atoms with Gasteiger partial charge in [0, 0.05) is 18.2 Å². The minimum Gasteiger partial charge on any atom is -0.497 e. The molecule has 1 aliphatic rings. The van der Waals surface area contributed by atoms with E-state index in [2.05, 4.69) is 5.32 Å². The van der Waals surface area contributed by atoms with Crippen LogP contribution in [0.5, 0.6) is 5.75 Å². The number of carbonyl (C=O) groups is 3. The van der Waals surface area contributed by atoms with E-state index in [0.717, 1.165) is 30.6 Å². The number of ether oxygens (including phenoxy) is 2. The Morgan fingerprint density at radius 2 is 1.79 bits per heavy atom. The molecule has 1 fully saturated rings. The van der Waals surface area contributed by atoms with Gasteiger partial charge in [0.1, 0.15) is 11.8 Å². The summed E-state index contributed by atoms with van der Waals surface area (Å²) in [4.78, 5) is 38.4. The topological polar surface area (TPSA) is 84.9 Å². The quantitative estimate of drug-likeness (QED) is 0.560. The predicted molar refractivity (Wildman–Crippen MR) is 110 cm³/mol. The molecule has 0 bridgehead atoms. The molecule has 0 saturated carbocycles. The lowest BCUT2D eigenvalue weighted by Crippen LogP contribution is -2.49. The number of benzene rings is 1. The lowest BCUT2D eigenvalue weighted by molar-refractivity contribution is -0.156. The van der Waals surface area contributed by atoms with Gasteiger partial charge in [-0.15, -0.1) is 0 Å². The van der Waals surface area contributed by atoms with Crippen molar-refractivity contribution in [2.24, 2.45) is 0 Å². The first kappa shape index (κ1) is 22.5. The Balaban J connectivity index is 1.79. The molecule has 1 aromatic rings. The van der Waals surface area contributed by atoms with Crippen molar-refractivity contribution in [1.29, 1.82) is 0 Å². The van der Waals surface area contributed by atoms with Crippen LogP contribution in [-0.2, 0) is 19.1 Å². The normalized spacial score (nSPS) is 20.2. The van der Waals surface area contributed by atoms with Crippen molar-refractivity contribution in [2.75, 3.05) is 13.7 Å². The van der Waals surface area contributed by atoms with Crippen LogP contribution in [-0.4, -0.2) is 54.5 Å². The molecule has 7 heteroatoms. The van der Waals surface area contributed by atoms with Crippen LogP contribution < -0.4 is 10.1 Å². The van der Waals surface area contributed by atoms with Gasteiger partial charge in [0.25, 0.3) is 5.91 Å². The second kappa shape index (κ2) is 10.6. The van der Waals surface area contributed by atoms with Crippen LogP contribution in [0, 0.1) is 0 Å². The number of piperidine rings is 1. The Morgan fingerprint density at radius 1 is 1.17 bits per heavy atom. The summed E-state index contributed by atoms with van der Waals surface area (Å²) in [5.74, 6) is -0.529. The molecule has 1 saturated heterocycles. The summed E-state index contributed by atoms with van der Waals surface area (Å²) in [5, 5.41) is 2.54. The molecule has 7 nitrogen and oxygen atoms in total.